The third kappa shape index (κ3) is 3.92. The van der Waals surface area contributed by atoms with Gasteiger partial charge < -0.3 is 25.4 Å². The fourth-order valence-corrected chi connectivity index (χ4v) is 3.40. The zero-order valence-corrected chi connectivity index (χ0v) is 18.0. The number of amides is 2. The number of carbonyl (C=O) groups is 2. The molecule has 3 heterocycles. The molecule has 3 aromatic rings. The van der Waals surface area contributed by atoms with Crippen molar-refractivity contribution in [2.24, 2.45) is 5.73 Å². The van der Waals surface area contributed by atoms with E-state index in [0.717, 1.165) is 4.68 Å². The first-order valence-electron chi connectivity index (χ1n) is 9.87. The van der Waals surface area contributed by atoms with E-state index in [1.165, 1.54) is 14.0 Å². The van der Waals surface area contributed by atoms with Crippen LogP contribution in [-0.4, -0.2) is 45.5 Å². The van der Waals surface area contributed by atoms with E-state index >= 15 is 4.39 Å². The number of halogens is 1. The number of alkyl halides is 1. The highest BCUT2D eigenvalue weighted by Gasteiger charge is 2.35. The lowest BCUT2D eigenvalue weighted by atomic mass is 10.0. The van der Waals surface area contributed by atoms with E-state index in [2.05, 4.69) is 27.4 Å². The molecule has 1 aromatic carbocycles. The number of nitrogens with two attached hydrogens (primary N) is 1. The van der Waals surface area contributed by atoms with E-state index in [9.17, 15) is 14.7 Å². The minimum atomic E-state index is -1.75. The molecule has 1 unspecified atom stereocenters. The van der Waals surface area contributed by atoms with Crippen molar-refractivity contribution in [1.29, 1.82) is 0 Å². The molecule has 0 bridgehead atoms. The number of nitrogens with zero attached hydrogens (tertiary/aromatic N) is 3. The van der Waals surface area contributed by atoms with Crippen LogP contribution < -0.4 is 15.8 Å². The molecule has 2 amide bonds. The van der Waals surface area contributed by atoms with Crippen LogP contribution in [-0.2, 0) is 5.60 Å². The van der Waals surface area contributed by atoms with Gasteiger partial charge in [0.05, 0.1) is 11.3 Å². The Morgan fingerprint density at radius 1 is 1.39 bits per heavy atom. The lowest BCUT2D eigenvalue weighted by molar-refractivity contribution is 0.0938. The molecule has 33 heavy (non-hydrogen) atoms. The van der Waals surface area contributed by atoms with E-state index in [4.69, 9.17) is 15.0 Å². The Balaban J connectivity index is 1.84. The molecule has 0 saturated carbocycles. The number of aryl methyl sites for hydroxylation is 1. The molecule has 11 heteroatoms. The maximum Gasteiger partial charge on any atom is 0.270 e. The number of fused-ring (bicyclic) bond motifs is 3. The van der Waals surface area contributed by atoms with Crippen LogP contribution in [0.4, 0.5) is 4.39 Å². The second-order valence-corrected chi connectivity index (χ2v) is 7.57. The predicted octanol–water partition coefficient (Wildman–Crippen LogP) is 1.29. The van der Waals surface area contributed by atoms with Gasteiger partial charge in [-0.3, -0.25) is 9.59 Å². The fourth-order valence-electron chi connectivity index (χ4n) is 3.40. The minimum absolute atomic E-state index is 0.155. The maximum atomic E-state index is 15.0. The summed E-state index contributed by atoms with van der Waals surface area (Å²) in [5, 5.41) is 20.9. The van der Waals surface area contributed by atoms with Crippen LogP contribution in [0.3, 0.4) is 0 Å². The quantitative estimate of drug-likeness (QED) is 0.507. The number of primary amides is 1. The fraction of sp³-hybridized carbons (Fsp3) is 0.273. The second-order valence-electron chi connectivity index (χ2n) is 7.57. The van der Waals surface area contributed by atoms with Gasteiger partial charge in [-0.2, -0.15) is 5.10 Å². The van der Waals surface area contributed by atoms with E-state index < -0.39 is 30.2 Å². The van der Waals surface area contributed by atoms with E-state index in [1.807, 2.05) is 0 Å². The van der Waals surface area contributed by atoms with E-state index in [1.54, 1.807) is 31.2 Å². The first kappa shape index (κ1) is 22.0. The van der Waals surface area contributed by atoms with Gasteiger partial charge in [0.15, 0.2) is 17.5 Å². The summed E-state index contributed by atoms with van der Waals surface area (Å²) in [4.78, 5) is 24.3. The van der Waals surface area contributed by atoms with Crippen LogP contribution in [0.15, 0.2) is 28.8 Å². The van der Waals surface area contributed by atoms with Gasteiger partial charge in [-0.05, 0) is 32.0 Å². The minimum Gasteiger partial charge on any atom is -0.488 e. The average Bonchev–Trinajstić information content (AvgIpc) is 3.37. The van der Waals surface area contributed by atoms with Crippen molar-refractivity contribution in [3.63, 3.8) is 0 Å². The highest BCUT2D eigenvalue weighted by molar-refractivity contribution is 6.06. The smallest absolute Gasteiger partial charge is 0.270 e. The number of nitrogens with one attached hydrogen (secondary N) is 1. The largest absolute Gasteiger partial charge is 0.488 e. The summed E-state index contributed by atoms with van der Waals surface area (Å²) >= 11 is 0. The van der Waals surface area contributed by atoms with Crippen molar-refractivity contribution in [2.45, 2.75) is 25.6 Å². The summed E-state index contributed by atoms with van der Waals surface area (Å²) in [7, 11) is 1.35. The normalized spacial score (nSPS) is 16.2. The van der Waals surface area contributed by atoms with E-state index in [0.29, 0.717) is 11.3 Å². The van der Waals surface area contributed by atoms with Gasteiger partial charge in [0.2, 0.25) is 0 Å². The molecule has 0 spiro atoms. The summed E-state index contributed by atoms with van der Waals surface area (Å²) in [6.45, 7) is 2.77. The number of hydrogen-bond acceptors (Lipinski definition) is 7. The summed E-state index contributed by atoms with van der Waals surface area (Å²) in [5.74, 6) is 4.68. The van der Waals surface area contributed by atoms with Gasteiger partial charge in [0, 0.05) is 18.7 Å². The van der Waals surface area contributed by atoms with Crippen LogP contribution in [0.25, 0.3) is 5.69 Å². The summed E-state index contributed by atoms with van der Waals surface area (Å²) in [5.41, 5.74) is 3.97. The van der Waals surface area contributed by atoms with Crippen molar-refractivity contribution in [3.05, 3.63) is 58.2 Å². The SMILES string of the molecule is CNC(=O)c1c(C(N)=O)nn2c1C(F)COc1ccc(C#C[C@@](C)(O)c3cc(C)on3)cc1-2. The molecule has 10 nitrogen and oxygen atoms in total. The molecule has 0 radical (unpaired) electrons. The summed E-state index contributed by atoms with van der Waals surface area (Å²) in [6.07, 6.45) is -1.75. The number of ether oxygens (including phenoxy) is 1. The Hall–Kier alpha value is -4.17. The third-order valence-corrected chi connectivity index (χ3v) is 5.05. The zero-order chi connectivity index (χ0) is 23.9. The molecular formula is C22H20FN5O5. The monoisotopic (exact) mass is 453 g/mol. The second kappa shape index (κ2) is 8.07. The van der Waals surface area contributed by atoms with Crippen LogP contribution in [0, 0.1) is 18.8 Å². The Kier molecular flexibility index (Phi) is 5.39. The third-order valence-electron chi connectivity index (χ3n) is 5.05. The van der Waals surface area contributed by atoms with Crippen molar-refractivity contribution in [3.8, 4) is 23.3 Å². The summed E-state index contributed by atoms with van der Waals surface area (Å²) < 4.78 is 26.7. The highest BCUT2D eigenvalue weighted by Crippen LogP contribution is 2.35. The van der Waals surface area contributed by atoms with Crippen molar-refractivity contribution in [1.82, 2.24) is 20.3 Å². The first-order valence-corrected chi connectivity index (χ1v) is 9.87. The Morgan fingerprint density at radius 2 is 2.15 bits per heavy atom. The van der Waals surface area contributed by atoms with Crippen molar-refractivity contribution >= 4 is 11.8 Å². The van der Waals surface area contributed by atoms with Crippen molar-refractivity contribution in [2.75, 3.05) is 13.7 Å². The molecule has 170 valence electrons. The topological polar surface area (TPSA) is 146 Å². The van der Waals surface area contributed by atoms with Gasteiger partial charge in [-0.25, -0.2) is 9.07 Å². The Labute approximate surface area is 187 Å². The number of aliphatic hydroxyl groups is 1. The van der Waals surface area contributed by atoms with Crippen molar-refractivity contribution < 1.29 is 28.3 Å². The molecule has 2 aromatic heterocycles. The number of carbonyl (C=O) groups excluding carboxylic acids is 2. The first-order chi connectivity index (χ1) is 15.6. The number of benzene rings is 1. The molecule has 4 rings (SSSR count). The molecule has 1 aliphatic heterocycles. The standard InChI is InChI=1S/C22H20FN5O5/c1-11-8-16(27-33-11)22(2,31)7-6-12-4-5-15-14(9-12)28-19(13(23)10-32-15)17(21(30)25-3)18(26-28)20(24)29/h4-5,8-9,13,31H,10H2,1-3H3,(H2,24,29)(H,25,30)/t13?,22-/m1/s1. The lowest BCUT2D eigenvalue weighted by Crippen LogP contribution is -2.24. The lowest BCUT2D eigenvalue weighted by Gasteiger charge is -2.12. The molecule has 0 saturated heterocycles. The molecule has 1 aliphatic rings. The van der Waals surface area contributed by atoms with Gasteiger partial charge in [-0.15, -0.1) is 0 Å². The zero-order valence-electron chi connectivity index (χ0n) is 18.0. The summed E-state index contributed by atoms with van der Waals surface area (Å²) in [6, 6.07) is 6.29. The highest BCUT2D eigenvalue weighted by atomic mass is 19.1. The van der Waals surface area contributed by atoms with Gasteiger partial charge in [0.1, 0.15) is 29.5 Å². The van der Waals surface area contributed by atoms with Crippen LogP contribution in [0.2, 0.25) is 0 Å². The van der Waals surface area contributed by atoms with Crippen LogP contribution in [0.1, 0.15) is 56.7 Å². The molecule has 4 N–H and O–H groups in total. The van der Waals surface area contributed by atoms with Gasteiger partial charge in [0.25, 0.3) is 11.8 Å². The molecular weight excluding hydrogens is 433 g/mol. The van der Waals surface area contributed by atoms with Crippen LogP contribution in [0.5, 0.6) is 5.75 Å². The molecule has 0 fully saturated rings. The Morgan fingerprint density at radius 3 is 2.79 bits per heavy atom. The van der Waals surface area contributed by atoms with Gasteiger partial charge in [-0.1, -0.05) is 17.0 Å². The molecule has 2 atom stereocenters. The maximum absolute atomic E-state index is 15.0. The predicted molar refractivity (Wildman–Crippen MR) is 113 cm³/mol. The number of hydrogen-bond donors (Lipinski definition) is 3. The van der Waals surface area contributed by atoms with E-state index in [-0.39, 0.29) is 34.1 Å². The Bertz CT molecular complexity index is 1330. The number of aromatic nitrogens is 3. The van der Waals surface area contributed by atoms with Crippen LogP contribution >= 0.6 is 0 Å². The average molecular weight is 453 g/mol. The van der Waals surface area contributed by atoms with Gasteiger partial charge >= 0.3 is 0 Å². The number of rotatable bonds is 3. The molecule has 0 aliphatic carbocycles.